The highest BCUT2D eigenvalue weighted by Crippen LogP contribution is 2.25. The zero-order chi connectivity index (χ0) is 14.3. The lowest BCUT2D eigenvalue weighted by Crippen LogP contribution is -2.18. The number of nitro benzene ring substituents is 1. The van der Waals surface area contributed by atoms with E-state index >= 15 is 0 Å². The van der Waals surface area contributed by atoms with Crippen molar-refractivity contribution in [3.8, 4) is 0 Å². The van der Waals surface area contributed by atoms with E-state index < -0.39 is 4.92 Å². The van der Waals surface area contributed by atoms with E-state index in [4.69, 9.17) is 5.73 Å². The van der Waals surface area contributed by atoms with Gasteiger partial charge in [0, 0.05) is 25.2 Å². The maximum Gasteiger partial charge on any atom is 0.293 e. The maximum absolute atomic E-state index is 11.4. The Labute approximate surface area is 111 Å². The van der Waals surface area contributed by atoms with Crippen molar-refractivity contribution < 1.29 is 9.72 Å². The summed E-state index contributed by atoms with van der Waals surface area (Å²) < 4.78 is 0. The first kappa shape index (κ1) is 14.9. The molecule has 0 aliphatic rings. The molecule has 4 N–H and O–H groups in total. The normalized spacial score (nSPS) is 10.0. The Balaban J connectivity index is 2.86. The van der Waals surface area contributed by atoms with Crippen LogP contribution in [0.25, 0.3) is 0 Å². The third-order valence-electron chi connectivity index (χ3n) is 2.63. The first-order valence-electron chi connectivity index (χ1n) is 6.04. The Kier molecular flexibility index (Phi) is 5.74. The summed E-state index contributed by atoms with van der Waals surface area (Å²) in [7, 11) is 1.48. The van der Waals surface area contributed by atoms with Crippen LogP contribution in [0.3, 0.4) is 0 Å². The van der Waals surface area contributed by atoms with Crippen molar-refractivity contribution in [2.75, 3.05) is 25.5 Å². The highest BCUT2D eigenvalue weighted by atomic mass is 16.6. The van der Waals surface area contributed by atoms with Gasteiger partial charge in [-0.1, -0.05) is 0 Å². The van der Waals surface area contributed by atoms with E-state index in [1.807, 2.05) is 0 Å². The number of hydrogen-bond acceptors (Lipinski definition) is 5. The third kappa shape index (κ3) is 4.22. The van der Waals surface area contributed by atoms with Crippen molar-refractivity contribution in [2.45, 2.75) is 12.8 Å². The Hall–Kier alpha value is -2.15. The van der Waals surface area contributed by atoms with Gasteiger partial charge in [-0.3, -0.25) is 14.9 Å². The third-order valence-corrected chi connectivity index (χ3v) is 2.63. The number of benzene rings is 1. The van der Waals surface area contributed by atoms with Crippen LogP contribution in [0, 0.1) is 10.1 Å². The predicted octanol–water partition coefficient (Wildman–Crippen LogP) is 1.11. The number of nitrogens with two attached hydrogens (primary N) is 1. The highest BCUT2D eigenvalue weighted by Gasteiger charge is 2.16. The minimum Gasteiger partial charge on any atom is -0.379 e. The summed E-state index contributed by atoms with van der Waals surface area (Å²) in [4.78, 5) is 21.9. The molecule has 0 saturated carbocycles. The Morgan fingerprint density at radius 2 is 2.16 bits per heavy atom. The molecule has 0 atom stereocenters. The van der Waals surface area contributed by atoms with Crippen LogP contribution in [0.5, 0.6) is 0 Å². The molecular formula is C12H18N4O3. The van der Waals surface area contributed by atoms with Crippen LogP contribution in [0.1, 0.15) is 23.2 Å². The maximum atomic E-state index is 11.4. The van der Waals surface area contributed by atoms with Gasteiger partial charge in [-0.25, -0.2) is 0 Å². The van der Waals surface area contributed by atoms with Crippen molar-refractivity contribution in [3.63, 3.8) is 0 Å². The fraction of sp³-hybridized carbons (Fsp3) is 0.417. The number of nitro groups is 1. The number of carbonyl (C=O) groups is 1. The lowest BCUT2D eigenvalue weighted by atomic mass is 10.1. The minimum atomic E-state index is -0.502. The number of hydrogen-bond donors (Lipinski definition) is 3. The van der Waals surface area contributed by atoms with E-state index in [-0.39, 0.29) is 17.2 Å². The van der Waals surface area contributed by atoms with Gasteiger partial charge in [-0.2, -0.15) is 0 Å². The number of rotatable bonds is 7. The predicted molar refractivity (Wildman–Crippen MR) is 73.3 cm³/mol. The summed E-state index contributed by atoms with van der Waals surface area (Å²) in [5.41, 5.74) is 5.95. The highest BCUT2D eigenvalue weighted by molar-refractivity contribution is 5.95. The second-order valence-corrected chi connectivity index (χ2v) is 3.99. The van der Waals surface area contributed by atoms with E-state index in [1.165, 1.54) is 13.1 Å². The average molecular weight is 266 g/mol. The Morgan fingerprint density at radius 3 is 2.74 bits per heavy atom. The topological polar surface area (TPSA) is 110 Å². The molecule has 1 rings (SSSR count). The molecule has 7 nitrogen and oxygen atoms in total. The molecule has 1 aromatic rings. The average Bonchev–Trinajstić information content (AvgIpc) is 2.42. The number of anilines is 1. The molecule has 0 spiro atoms. The molecule has 19 heavy (non-hydrogen) atoms. The van der Waals surface area contributed by atoms with Crippen LogP contribution in [0.4, 0.5) is 11.4 Å². The van der Waals surface area contributed by atoms with E-state index in [9.17, 15) is 14.9 Å². The van der Waals surface area contributed by atoms with Crippen LogP contribution >= 0.6 is 0 Å². The molecule has 0 heterocycles. The number of unbranched alkanes of at least 4 members (excludes halogenated alkanes) is 1. The van der Waals surface area contributed by atoms with Crippen molar-refractivity contribution in [2.24, 2.45) is 5.73 Å². The molecule has 7 heteroatoms. The molecule has 0 saturated heterocycles. The van der Waals surface area contributed by atoms with Crippen LogP contribution in [-0.4, -0.2) is 31.0 Å². The molecule has 1 amide bonds. The van der Waals surface area contributed by atoms with Crippen LogP contribution in [0.15, 0.2) is 18.2 Å². The first-order valence-corrected chi connectivity index (χ1v) is 6.04. The van der Waals surface area contributed by atoms with Gasteiger partial charge >= 0.3 is 0 Å². The van der Waals surface area contributed by atoms with Gasteiger partial charge in [0.05, 0.1) is 4.92 Å². The molecule has 0 bridgehead atoms. The van der Waals surface area contributed by atoms with Gasteiger partial charge in [0.15, 0.2) is 0 Å². The van der Waals surface area contributed by atoms with Gasteiger partial charge in [-0.05, 0) is 31.5 Å². The van der Waals surface area contributed by atoms with Gasteiger partial charge in [0.2, 0.25) is 0 Å². The fourth-order valence-corrected chi connectivity index (χ4v) is 1.61. The van der Waals surface area contributed by atoms with E-state index in [1.54, 1.807) is 12.1 Å². The standard InChI is InChI=1S/C12H18N4O3/c1-14-12(17)9-4-5-10(11(8-9)16(18)19)15-7-3-2-6-13/h4-5,8,15H,2-3,6-7,13H2,1H3,(H,14,17). The van der Waals surface area contributed by atoms with Crippen molar-refractivity contribution in [1.82, 2.24) is 5.32 Å². The zero-order valence-electron chi connectivity index (χ0n) is 10.8. The van der Waals surface area contributed by atoms with E-state index in [0.29, 0.717) is 18.8 Å². The van der Waals surface area contributed by atoms with Crippen molar-refractivity contribution in [3.05, 3.63) is 33.9 Å². The quantitative estimate of drug-likeness (QED) is 0.389. The summed E-state index contributed by atoms with van der Waals surface area (Å²) in [6, 6.07) is 4.37. The van der Waals surface area contributed by atoms with Crippen LogP contribution < -0.4 is 16.4 Å². The second-order valence-electron chi connectivity index (χ2n) is 3.99. The van der Waals surface area contributed by atoms with E-state index in [0.717, 1.165) is 12.8 Å². The molecule has 104 valence electrons. The summed E-state index contributed by atoms with van der Waals surface area (Å²) in [5, 5.41) is 16.4. The molecule has 0 aliphatic carbocycles. The van der Waals surface area contributed by atoms with Gasteiger partial charge in [0.1, 0.15) is 5.69 Å². The molecule has 0 unspecified atom stereocenters. The molecular weight excluding hydrogens is 248 g/mol. The molecule has 0 fully saturated rings. The SMILES string of the molecule is CNC(=O)c1ccc(NCCCCN)c([N+](=O)[O-])c1. The zero-order valence-corrected chi connectivity index (χ0v) is 10.8. The fourth-order valence-electron chi connectivity index (χ4n) is 1.61. The summed E-state index contributed by atoms with van der Waals surface area (Å²) in [5.74, 6) is -0.349. The monoisotopic (exact) mass is 266 g/mol. The Bertz CT molecular complexity index is 462. The number of nitrogens with one attached hydrogen (secondary N) is 2. The van der Waals surface area contributed by atoms with E-state index in [2.05, 4.69) is 10.6 Å². The molecule has 0 aliphatic heterocycles. The summed E-state index contributed by atoms with van der Waals surface area (Å²) in [6.45, 7) is 1.21. The molecule has 0 aromatic heterocycles. The number of carbonyl (C=O) groups excluding carboxylic acids is 1. The molecule has 1 aromatic carbocycles. The molecule has 0 radical (unpaired) electrons. The summed E-state index contributed by atoms with van der Waals surface area (Å²) >= 11 is 0. The van der Waals surface area contributed by atoms with Gasteiger partial charge in [0.25, 0.3) is 11.6 Å². The number of amides is 1. The minimum absolute atomic E-state index is 0.103. The van der Waals surface area contributed by atoms with Crippen molar-refractivity contribution in [1.29, 1.82) is 0 Å². The smallest absolute Gasteiger partial charge is 0.293 e. The second kappa shape index (κ2) is 7.32. The first-order chi connectivity index (χ1) is 9.10. The largest absolute Gasteiger partial charge is 0.379 e. The lowest BCUT2D eigenvalue weighted by Gasteiger charge is -2.08. The summed E-state index contributed by atoms with van der Waals surface area (Å²) in [6.07, 6.45) is 1.70. The Morgan fingerprint density at radius 1 is 1.42 bits per heavy atom. The lowest BCUT2D eigenvalue weighted by molar-refractivity contribution is -0.384. The van der Waals surface area contributed by atoms with Crippen LogP contribution in [0.2, 0.25) is 0 Å². The number of nitrogens with zero attached hydrogens (tertiary/aromatic N) is 1. The van der Waals surface area contributed by atoms with Gasteiger partial charge < -0.3 is 16.4 Å². The van der Waals surface area contributed by atoms with Gasteiger partial charge in [-0.15, -0.1) is 0 Å². The van der Waals surface area contributed by atoms with Crippen molar-refractivity contribution >= 4 is 17.3 Å². The van der Waals surface area contributed by atoms with Crippen LogP contribution in [-0.2, 0) is 0 Å².